The molecule has 4 aliphatic rings. The normalized spacial score (nSPS) is 18.9. The molecule has 2 aromatic heterocycles. The molecule has 3 atom stereocenters. The van der Waals surface area contributed by atoms with Gasteiger partial charge in [0.15, 0.2) is 5.78 Å². The number of piperazine rings is 1. The van der Waals surface area contributed by atoms with Crippen LogP contribution in [0.4, 0.5) is 5.69 Å². The number of H-pyrrole nitrogens is 1. The number of aromatic nitrogens is 2. The number of carbonyl (C=O) groups excluding carboxylic acids is 5. The molecule has 0 spiro atoms. The van der Waals surface area contributed by atoms with E-state index in [1.54, 1.807) is 17.4 Å². The fourth-order valence-corrected chi connectivity index (χ4v) is 12.8. The molecule has 81 heavy (non-hydrogen) atoms. The summed E-state index contributed by atoms with van der Waals surface area (Å²) in [6.45, 7) is 20.8. The van der Waals surface area contributed by atoms with Gasteiger partial charge in [0.2, 0.25) is 23.6 Å². The summed E-state index contributed by atoms with van der Waals surface area (Å²) < 4.78 is 17.0. The van der Waals surface area contributed by atoms with Crippen molar-refractivity contribution in [2.45, 2.75) is 123 Å². The third-order valence-corrected chi connectivity index (χ3v) is 17.7. The molecule has 1 aliphatic carbocycles. The highest BCUT2D eigenvalue weighted by Crippen LogP contribution is 2.46. The van der Waals surface area contributed by atoms with Crippen LogP contribution in [-0.4, -0.2) is 169 Å². The number of aryl methyl sites for hydroxylation is 2. The molecule has 4 amide bonds. The van der Waals surface area contributed by atoms with Crippen LogP contribution in [0, 0.1) is 23.7 Å². The highest BCUT2D eigenvalue weighted by molar-refractivity contribution is 7.13. The molecular weight excluding hydrogens is 1050 g/mol. The number of aliphatic hydroxyl groups is 1. The number of piperidine rings is 1. The van der Waals surface area contributed by atoms with Gasteiger partial charge in [-0.2, -0.15) is 5.26 Å². The maximum atomic E-state index is 14.2. The van der Waals surface area contributed by atoms with Crippen molar-refractivity contribution in [1.82, 2.24) is 35.3 Å². The van der Waals surface area contributed by atoms with Crippen molar-refractivity contribution in [2.75, 3.05) is 90.4 Å². The molecule has 0 saturated carbocycles. The van der Waals surface area contributed by atoms with Gasteiger partial charge in [-0.05, 0) is 78.1 Å². The second-order valence-corrected chi connectivity index (χ2v) is 24.4. The summed E-state index contributed by atoms with van der Waals surface area (Å²) in [6.07, 6.45) is 2.42. The molecule has 4 N–H and O–H groups in total. The third kappa shape index (κ3) is 13.4. The van der Waals surface area contributed by atoms with Gasteiger partial charge < -0.3 is 49.6 Å². The zero-order valence-electron chi connectivity index (χ0n) is 48.0. The Kier molecular flexibility index (Phi) is 18.8. The molecule has 5 heterocycles. The van der Waals surface area contributed by atoms with Crippen molar-refractivity contribution in [3.05, 3.63) is 105 Å². The number of nitriles is 1. The van der Waals surface area contributed by atoms with Crippen molar-refractivity contribution in [3.8, 4) is 16.5 Å². The molecule has 3 aromatic carbocycles. The number of nitrogens with one attached hydrogen (secondary N) is 3. The second kappa shape index (κ2) is 25.7. The zero-order valence-corrected chi connectivity index (χ0v) is 48.8. The van der Waals surface area contributed by atoms with Gasteiger partial charge in [-0.25, -0.2) is 4.98 Å². The number of anilines is 1. The summed E-state index contributed by atoms with van der Waals surface area (Å²) in [5.74, 6) is -1.04. The first-order valence-corrected chi connectivity index (χ1v) is 29.6. The number of thiazole rings is 1. The van der Waals surface area contributed by atoms with Gasteiger partial charge in [0, 0.05) is 105 Å². The number of carbonyl (C=O) groups is 5. The van der Waals surface area contributed by atoms with E-state index >= 15 is 0 Å². The molecule has 3 saturated heterocycles. The smallest absolute Gasteiger partial charge is 0.246 e. The molecule has 3 fully saturated rings. The van der Waals surface area contributed by atoms with E-state index in [9.17, 15) is 34.3 Å². The SMILES string of the molecule is CCc1cc2c(cc1N1CCC(N3CCN(C(=O)CCOCCOCCOCCC(=O)N[C@H](C(=O)N4C[C@H](O)C[C@H]4C(=O)NCc4ccc(-c5scnc5C)cc4)C(C)(C)C)CC3)CC1)C(C)(C)c1[nH]c3cc(C#N)ccc3c1C2=O. The van der Waals surface area contributed by atoms with Crippen LogP contribution in [0.1, 0.15) is 123 Å². The average Bonchev–Trinajstić information content (AvgIpc) is 4.41. The number of amides is 4. The third-order valence-electron chi connectivity index (χ3n) is 16.7. The van der Waals surface area contributed by atoms with E-state index in [-0.39, 0.29) is 62.6 Å². The number of benzene rings is 3. The number of likely N-dealkylation sites (tertiary alicyclic amines) is 1. The lowest BCUT2D eigenvalue weighted by Crippen LogP contribution is -2.57. The van der Waals surface area contributed by atoms with Gasteiger partial charge in [0.05, 0.1) is 85.4 Å². The largest absolute Gasteiger partial charge is 0.391 e. The number of aromatic amines is 1. The second-order valence-electron chi connectivity index (χ2n) is 23.5. The minimum absolute atomic E-state index is 0.0104. The summed E-state index contributed by atoms with van der Waals surface area (Å²) >= 11 is 1.57. The highest BCUT2D eigenvalue weighted by atomic mass is 32.1. The molecule has 0 bridgehead atoms. The molecule has 0 unspecified atom stereocenters. The number of aliphatic hydroxyl groups excluding tert-OH is 1. The standard InChI is InChI=1S/C62H79N9O9S/c1-8-42-32-47-48(62(6,7)57-54(55(47)75)46-14-11-41(35-63)31-49(46)66-57)34-50(42)69-19-15-44(16-20-69)68-21-23-70(24-22-68)53(74)18-26-79-28-30-80-29-27-78-25-17-52(73)67-58(61(3,4)5)60(77)71-37-45(72)33-51(71)59(76)64-36-40-9-12-43(13-10-40)56-39(2)65-38-81-56/h9-14,31-32,34,38,44-45,51,58,66,72H,8,15-30,33,36-37H2,1-7H3,(H,64,76)(H,67,73)/t45-,51+,58-/m1/s1. The van der Waals surface area contributed by atoms with Crippen molar-refractivity contribution in [1.29, 1.82) is 5.26 Å². The minimum atomic E-state index is -0.939. The summed E-state index contributed by atoms with van der Waals surface area (Å²) in [6, 6.07) is 18.6. The van der Waals surface area contributed by atoms with Crippen LogP contribution >= 0.6 is 11.3 Å². The van der Waals surface area contributed by atoms with Gasteiger partial charge >= 0.3 is 0 Å². The first kappa shape index (κ1) is 59.1. The Morgan fingerprint density at radius 1 is 0.914 bits per heavy atom. The number of ether oxygens (including phenoxy) is 3. The monoisotopic (exact) mass is 1130 g/mol. The van der Waals surface area contributed by atoms with E-state index in [0.29, 0.717) is 63.1 Å². The Bertz CT molecular complexity index is 3120. The number of hydrogen-bond donors (Lipinski definition) is 4. The van der Waals surface area contributed by atoms with Crippen molar-refractivity contribution >= 4 is 57.3 Å². The van der Waals surface area contributed by atoms with E-state index in [1.165, 1.54) is 16.2 Å². The maximum absolute atomic E-state index is 14.2. The van der Waals surface area contributed by atoms with Gasteiger partial charge in [-0.3, -0.25) is 28.9 Å². The average molecular weight is 1130 g/mol. The van der Waals surface area contributed by atoms with Crippen LogP contribution in [0.5, 0.6) is 0 Å². The van der Waals surface area contributed by atoms with E-state index in [1.807, 2.05) is 74.5 Å². The van der Waals surface area contributed by atoms with E-state index in [2.05, 4.69) is 69.4 Å². The van der Waals surface area contributed by atoms with Gasteiger partial charge in [0.25, 0.3) is 0 Å². The molecule has 3 aliphatic heterocycles. The molecule has 19 heteroatoms. The number of β-amino-alcohol motifs (C(OH)–C–C–N with tert-alkyl or cyclic N) is 1. The van der Waals surface area contributed by atoms with Gasteiger partial charge in [-0.15, -0.1) is 11.3 Å². The van der Waals surface area contributed by atoms with Crippen molar-refractivity contribution < 1.29 is 43.3 Å². The highest BCUT2D eigenvalue weighted by Gasteiger charge is 2.45. The number of rotatable bonds is 21. The lowest BCUT2D eigenvalue weighted by Gasteiger charge is -2.44. The lowest BCUT2D eigenvalue weighted by atomic mass is 9.70. The van der Waals surface area contributed by atoms with Gasteiger partial charge in [-0.1, -0.05) is 71.9 Å². The van der Waals surface area contributed by atoms with Crippen molar-refractivity contribution in [3.63, 3.8) is 0 Å². The molecule has 0 radical (unpaired) electrons. The summed E-state index contributed by atoms with van der Waals surface area (Å²) in [7, 11) is 0. The zero-order chi connectivity index (χ0) is 57.6. The van der Waals surface area contributed by atoms with Crippen molar-refractivity contribution in [2.24, 2.45) is 5.41 Å². The van der Waals surface area contributed by atoms with Crippen LogP contribution < -0.4 is 15.5 Å². The molecule has 9 rings (SSSR count). The van der Waals surface area contributed by atoms with E-state index < -0.39 is 34.9 Å². The molecule has 432 valence electrons. The summed E-state index contributed by atoms with van der Waals surface area (Å²) in [5.41, 5.74) is 10.8. The Balaban J connectivity index is 0.626. The fourth-order valence-electron chi connectivity index (χ4n) is 12.0. The Morgan fingerprint density at radius 2 is 1.59 bits per heavy atom. The minimum Gasteiger partial charge on any atom is -0.391 e. The number of ketones is 1. The number of nitrogens with zero attached hydrogens (tertiary/aromatic N) is 6. The quantitative estimate of drug-likeness (QED) is 0.0566. The van der Waals surface area contributed by atoms with Crippen LogP contribution in [0.15, 0.2) is 60.1 Å². The van der Waals surface area contributed by atoms with E-state index in [4.69, 9.17) is 14.2 Å². The molecule has 5 aromatic rings. The molecular formula is C62H79N9O9S. The summed E-state index contributed by atoms with van der Waals surface area (Å²) in [4.78, 5) is 85.2. The Labute approximate surface area is 479 Å². The van der Waals surface area contributed by atoms with Crippen LogP contribution in [0.25, 0.3) is 21.3 Å². The van der Waals surface area contributed by atoms with Gasteiger partial charge in [0.1, 0.15) is 12.1 Å². The first-order chi connectivity index (χ1) is 38.9. The van der Waals surface area contributed by atoms with E-state index in [0.717, 1.165) is 94.9 Å². The lowest BCUT2D eigenvalue weighted by molar-refractivity contribution is -0.144. The van der Waals surface area contributed by atoms with Crippen LogP contribution in [-0.2, 0) is 51.8 Å². The summed E-state index contributed by atoms with van der Waals surface area (Å²) in [5, 5.41) is 26.8. The number of fused-ring (bicyclic) bond motifs is 4. The predicted molar refractivity (Wildman–Crippen MR) is 311 cm³/mol. The number of hydrogen-bond acceptors (Lipinski definition) is 14. The predicted octanol–water partition coefficient (Wildman–Crippen LogP) is 6.66. The maximum Gasteiger partial charge on any atom is 0.246 e. The fraction of sp³-hybridized carbons (Fsp3) is 0.532. The topological polar surface area (TPSA) is 223 Å². The Hall–Kier alpha value is -6.53. The first-order valence-electron chi connectivity index (χ1n) is 28.7. The van der Waals surface area contributed by atoms with Crippen LogP contribution in [0.3, 0.4) is 0 Å². The molecule has 18 nitrogen and oxygen atoms in total. The Morgan fingerprint density at radius 3 is 2.23 bits per heavy atom. The van der Waals surface area contributed by atoms with Crippen LogP contribution in [0.2, 0.25) is 0 Å².